The number of nitrogens with one attached hydrogen (secondary N) is 2. The minimum absolute atomic E-state index is 0.165. The molecule has 0 saturated carbocycles. The first-order chi connectivity index (χ1) is 6.34. The molecule has 0 aliphatic carbocycles. The van der Waals surface area contributed by atoms with Crippen LogP contribution in [0.15, 0.2) is 27.6 Å². The van der Waals surface area contributed by atoms with Gasteiger partial charge in [-0.2, -0.15) is 0 Å². The van der Waals surface area contributed by atoms with Crippen LogP contribution in [0.1, 0.15) is 5.76 Å². The van der Waals surface area contributed by atoms with Crippen molar-refractivity contribution in [2.75, 3.05) is 5.32 Å². The molecule has 2 aromatic heterocycles. The molecular weight excluding hydrogens is 190 g/mol. The molecule has 0 aliphatic heterocycles. The SMILES string of the molecule is O=c1[nH]nc(NCc2ccco2)s1. The van der Waals surface area contributed by atoms with Crippen LogP contribution >= 0.6 is 11.3 Å². The highest BCUT2D eigenvalue weighted by atomic mass is 32.1. The maximum absolute atomic E-state index is 10.7. The number of H-pyrrole nitrogens is 1. The number of hydrogen-bond acceptors (Lipinski definition) is 5. The Morgan fingerprint density at radius 3 is 3.23 bits per heavy atom. The molecule has 5 nitrogen and oxygen atoms in total. The molecule has 2 rings (SSSR count). The van der Waals surface area contributed by atoms with Gasteiger partial charge in [-0.15, -0.1) is 5.10 Å². The summed E-state index contributed by atoms with van der Waals surface area (Å²) >= 11 is 1.03. The van der Waals surface area contributed by atoms with Crippen LogP contribution in [-0.4, -0.2) is 10.2 Å². The Morgan fingerprint density at radius 1 is 1.69 bits per heavy atom. The van der Waals surface area contributed by atoms with Crippen LogP contribution in [-0.2, 0) is 6.54 Å². The average molecular weight is 197 g/mol. The van der Waals surface area contributed by atoms with Gasteiger partial charge in [0.15, 0.2) is 0 Å². The molecule has 0 unspecified atom stereocenters. The van der Waals surface area contributed by atoms with E-state index < -0.39 is 0 Å². The average Bonchev–Trinajstić information content (AvgIpc) is 2.71. The van der Waals surface area contributed by atoms with E-state index in [4.69, 9.17) is 4.42 Å². The van der Waals surface area contributed by atoms with Gasteiger partial charge < -0.3 is 9.73 Å². The lowest BCUT2D eigenvalue weighted by Gasteiger charge is -1.96. The molecule has 0 spiro atoms. The highest BCUT2D eigenvalue weighted by Gasteiger charge is 1.99. The molecule has 0 saturated heterocycles. The van der Waals surface area contributed by atoms with Gasteiger partial charge in [0.25, 0.3) is 0 Å². The Bertz CT molecular complexity index is 417. The number of aromatic amines is 1. The highest BCUT2D eigenvalue weighted by molar-refractivity contribution is 7.12. The summed E-state index contributed by atoms with van der Waals surface area (Å²) in [5.74, 6) is 0.808. The Kier molecular flexibility index (Phi) is 2.13. The van der Waals surface area contributed by atoms with E-state index in [1.165, 1.54) is 0 Å². The van der Waals surface area contributed by atoms with Crippen molar-refractivity contribution in [1.82, 2.24) is 10.2 Å². The number of anilines is 1. The van der Waals surface area contributed by atoms with Crippen LogP contribution in [0.25, 0.3) is 0 Å². The fourth-order valence-electron chi connectivity index (χ4n) is 0.881. The number of hydrogen-bond donors (Lipinski definition) is 2. The van der Waals surface area contributed by atoms with Crippen molar-refractivity contribution in [2.24, 2.45) is 0 Å². The molecule has 2 heterocycles. The van der Waals surface area contributed by atoms with Gasteiger partial charge in [0, 0.05) is 0 Å². The van der Waals surface area contributed by atoms with Gasteiger partial charge >= 0.3 is 4.87 Å². The third-order valence-corrected chi connectivity index (χ3v) is 2.14. The highest BCUT2D eigenvalue weighted by Crippen LogP contribution is 2.07. The van der Waals surface area contributed by atoms with Gasteiger partial charge in [0.2, 0.25) is 5.13 Å². The zero-order valence-corrected chi connectivity index (χ0v) is 7.43. The number of nitrogens with zero attached hydrogens (tertiary/aromatic N) is 1. The molecule has 0 aliphatic rings. The number of rotatable bonds is 3. The minimum Gasteiger partial charge on any atom is -0.467 e. The molecule has 2 aromatic rings. The summed E-state index contributed by atoms with van der Waals surface area (Å²) in [5, 5.41) is 9.58. The van der Waals surface area contributed by atoms with E-state index in [1.807, 2.05) is 12.1 Å². The molecule has 0 amide bonds. The van der Waals surface area contributed by atoms with Gasteiger partial charge in [0.1, 0.15) is 5.76 Å². The lowest BCUT2D eigenvalue weighted by atomic mass is 10.4. The first-order valence-corrected chi connectivity index (χ1v) is 4.48. The van der Waals surface area contributed by atoms with Crippen molar-refractivity contribution >= 4 is 16.5 Å². The summed E-state index contributed by atoms with van der Waals surface area (Å²) in [6, 6.07) is 3.66. The summed E-state index contributed by atoms with van der Waals surface area (Å²) in [6.07, 6.45) is 1.60. The summed E-state index contributed by atoms with van der Waals surface area (Å²) < 4.78 is 5.09. The van der Waals surface area contributed by atoms with Crippen LogP contribution < -0.4 is 10.2 Å². The molecule has 0 bridgehead atoms. The van der Waals surface area contributed by atoms with E-state index in [0.29, 0.717) is 11.7 Å². The second-order valence-corrected chi connectivity index (χ2v) is 3.31. The predicted molar refractivity (Wildman–Crippen MR) is 48.8 cm³/mol. The van der Waals surface area contributed by atoms with E-state index in [9.17, 15) is 4.79 Å². The molecule has 0 fully saturated rings. The topological polar surface area (TPSA) is 70.9 Å². The maximum atomic E-state index is 10.7. The van der Waals surface area contributed by atoms with E-state index in [2.05, 4.69) is 15.5 Å². The normalized spacial score (nSPS) is 10.2. The van der Waals surface area contributed by atoms with Gasteiger partial charge in [-0.25, -0.2) is 5.10 Å². The standard InChI is InChI=1S/C7H7N3O2S/c11-7-10-9-6(13-7)8-4-5-2-1-3-12-5/h1-3H,4H2,(H,8,9)(H,10,11). The first kappa shape index (κ1) is 8.06. The van der Waals surface area contributed by atoms with Crippen LogP contribution in [0.4, 0.5) is 5.13 Å². The molecule has 0 atom stereocenters. The lowest BCUT2D eigenvalue weighted by molar-refractivity contribution is 0.518. The Balaban J connectivity index is 1.97. The second kappa shape index (κ2) is 3.44. The van der Waals surface area contributed by atoms with Crippen molar-refractivity contribution in [2.45, 2.75) is 6.54 Å². The van der Waals surface area contributed by atoms with Gasteiger partial charge in [-0.1, -0.05) is 0 Å². The quantitative estimate of drug-likeness (QED) is 0.771. The zero-order valence-electron chi connectivity index (χ0n) is 6.61. The van der Waals surface area contributed by atoms with Crippen LogP contribution in [0, 0.1) is 0 Å². The zero-order chi connectivity index (χ0) is 9.10. The molecule has 0 radical (unpaired) electrons. The third-order valence-electron chi connectivity index (χ3n) is 1.43. The Morgan fingerprint density at radius 2 is 2.62 bits per heavy atom. The summed E-state index contributed by atoms with van der Waals surface area (Å²) in [6.45, 7) is 0.536. The predicted octanol–water partition coefficient (Wildman–Crippen LogP) is 1.04. The smallest absolute Gasteiger partial charge is 0.324 e. The molecule has 13 heavy (non-hydrogen) atoms. The van der Waals surface area contributed by atoms with Gasteiger partial charge in [0.05, 0.1) is 12.8 Å². The lowest BCUT2D eigenvalue weighted by Crippen LogP contribution is -1.97. The first-order valence-electron chi connectivity index (χ1n) is 3.66. The second-order valence-electron chi connectivity index (χ2n) is 2.35. The Labute approximate surface area is 77.4 Å². The third kappa shape index (κ3) is 1.97. The minimum atomic E-state index is -0.165. The van der Waals surface area contributed by atoms with E-state index in [1.54, 1.807) is 6.26 Å². The molecular formula is C7H7N3O2S. The Hall–Kier alpha value is -1.56. The van der Waals surface area contributed by atoms with Crippen molar-refractivity contribution in [1.29, 1.82) is 0 Å². The van der Waals surface area contributed by atoms with E-state index in [-0.39, 0.29) is 4.87 Å². The van der Waals surface area contributed by atoms with Crippen LogP contribution in [0.5, 0.6) is 0 Å². The molecule has 68 valence electrons. The molecule has 0 aromatic carbocycles. The van der Waals surface area contributed by atoms with Crippen LogP contribution in [0.3, 0.4) is 0 Å². The van der Waals surface area contributed by atoms with Crippen molar-refractivity contribution in [3.63, 3.8) is 0 Å². The summed E-state index contributed by atoms with van der Waals surface area (Å²) in [4.78, 5) is 10.5. The van der Waals surface area contributed by atoms with E-state index in [0.717, 1.165) is 17.1 Å². The van der Waals surface area contributed by atoms with Crippen molar-refractivity contribution in [3.8, 4) is 0 Å². The molecule has 2 N–H and O–H groups in total. The van der Waals surface area contributed by atoms with Crippen molar-refractivity contribution in [3.05, 3.63) is 33.8 Å². The fraction of sp³-hybridized carbons (Fsp3) is 0.143. The van der Waals surface area contributed by atoms with Crippen LogP contribution in [0.2, 0.25) is 0 Å². The number of aromatic nitrogens is 2. The summed E-state index contributed by atoms with van der Waals surface area (Å²) in [7, 11) is 0. The fourth-order valence-corrected chi connectivity index (χ4v) is 1.38. The summed E-state index contributed by atoms with van der Waals surface area (Å²) in [5.41, 5.74) is 0. The largest absolute Gasteiger partial charge is 0.467 e. The monoisotopic (exact) mass is 197 g/mol. The maximum Gasteiger partial charge on any atom is 0.324 e. The van der Waals surface area contributed by atoms with Crippen molar-refractivity contribution < 1.29 is 4.42 Å². The number of furan rings is 1. The van der Waals surface area contributed by atoms with Gasteiger partial charge in [-0.3, -0.25) is 4.79 Å². The van der Waals surface area contributed by atoms with E-state index >= 15 is 0 Å². The van der Waals surface area contributed by atoms with Gasteiger partial charge in [-0.05, 0) is 23.5 Å². The molecule has 6 heteroatoms.